The Hall–Kier alpha value is -2.81. The van der Waals surface area contributed by atoms with Gasteiger partial charge in [0.1, 0.15) is 6.33 Å². The third kappa shape index (κ3) is 4.61. The molecule has 4 aromatic rings. The number of halogens is 1. The lowest BCUT2D eigenvalue weighted by Gasteiger charge is -2.08. The summed E-state index contributed by atoms with van der Waals surface area (Å²) in [5, 5.41) is 4.68. The molecule has 2 aromatic heterocycles. The molecule has 2 aromatic carbocycles. The van der Waals surface area contributed by atoms with Crippen LogP contribution in [-0.4, -0.2) is 34.5 Å². The third-order valence-electron chi connectivity index (χ3n) is 4.44. The number of hydrogen-bond donors (Lipinski definition) is 1. The average molecular weight is 428 g/mol. The van der Waals surface area contributed by atoms with Crippen LogP contribution < -0.4 is 4.72 Å². The highest BCUT2D eigenvalue weighted by Crippen LogP contribution is 2.24. The minimum atomic E-state index is -3.57. The molecule has 0 bridgehead atoms. The monoisotopic (exact) mass is 427 g/mol. The van der Waals surface area contributed by atoms with E-state index in [0.717, 1.165) is 16.7 Å². The highest BCUT2D eigenvalue weighted by Gasteiger charge is 2.13. The molecule has 0 amide bonds. The van der Waals surface area contributed by atoms with Crippen molar-refractivity contribution in [1.29, 1.82) is 0 Å². The lowest BCUT2D eigenvalue weighted by atomic mass is 10.1. The second kappa shape index (κ2) is 8.28. The number of nitrogens with zero attached hydrogens (tertiary/aromatic N) is 4. The lowest BCUT2D eigenvalue weighted by molar-refractivity contribution is 0.579. The second-order valence-corrected chi connectivity index (χ2v) is 8.71. The van der Waals surface area contributed by atoms with E-state index in [-0.39, 0.29) is 4.90 Å². The number of sulfonamides is 1. The Morgan fingerprint density at radius 3 is 2.66 bits per heavy atom. The molecule has 2 heterocycles. The van der Waals surface area contributed by atoms with Gasteiger partial charge < -0.3 is 0 Å². The molecule has 7 nitrogen and oxygen atoms in total. The molecule has 148 valence electrons. The number of aromatic nitrogens is 4. The first kappa shape index (κ1) is 19.5. The van der Waals surface area contributed by atoms with E-state index >= 15 is 0 Å². The summed E-state index contributed by atoms with van der Waals surface area (Å²) in [6.07, 6.45) is 6.34. The molecule has 0 saturated heterocycles. The van der Waals surface area contributed by atoms with Crippen molar-refractivity contribution < 1.29 is 8.42 Å². The van der Waals surface area contributed by atoms with Gasteiger partial charge in [-0.2, -0.15) is 10.1 Å². The van der Waals surface area contributed by atoms with Crippen LogP contribution in [0.3, 0.4) is 0 Å². The Kier molecular flexibility index (Phi) is 5.57. The fourth-order valence-electron chi connectivity index (χ4n) is 2.96. The van der Waals surface area contributed by atoms with Crippen molar-refractivity contribution in [2.45, 2.75) is 17.7 Å². The molecule has 0 radical (unpaired) electrons. The molecular formula is C20H18ClN5O2S. The maximum absolute atomic E-state index is 12.5. The summed E-state index contributed by atoms with van der Waals surface area (Å²) in [5.41, 5.74) is 2.81. The molecule has 0 aliphatic carbocycles. The van der Waals surface area contributed by atoms with Crippen molar-refractivity contribution in [3.63, 3.8) is 0 Å². The summed E-state index contributed by atoms with van der Waals surface area (Å²) in [6, 6.07) is 14.2. The molecule has 0 aliphatic rings. The average Bonchev–Trinajstić information content (AvgIpc) is 3.19. The van der Waals surface area contributed by atoms with Crippen molar-refractivity contribution >= 4 is 27.4 Å². The minimum absolute atomic E-state index is 0.231. The molecule has 0 atom stereocenters. The molecule has 4 rings (SSSR count). The highest BCUT2D eigenvalue weighted by molar-refractivity contribution is 7.89. The molecule has 0 saturated carbocycles. The van der Waals surface area contributed by atoms with Crippen molar-refractivity contribution in [3.8, 4) is 11.1 Å². The van der Waals surface area contributed by atoms with Crippen LogP contribution in [0.15, 0.2) is 72.1 Å². The fourth-order valence-corrected chi connectivity index (χ4v) is 4.23. The highest BCUT2D eigenvalue weighted by atomic mass is 35.5. The quantitative estimate of drug-likeness (QED) is 0.457. The predicted molar refractivity (Wildman–Crippen MR) is 111 cm³/mol. The number of aryl methyl sites for hydroxylation is 1. The zero-order valence-corrected chi connectivity index (χ0v) is 16.9. The second-order valence-electron chi connectivity index (χ2n) is 6.50. The molecule has 1 N–H and O–H groups in total. The van der Waals surface area contributed by atoms with Crippen molar-refractivity contribution in [2.75, 3.05) is 6.54 Å². The third-order valence-corrected chi connectivity index (χ3v) is 6.16. The summed E-state index contributed by atoms with van der Waals surface area (Å²) < 4.78 is 29.3. The van der Waals surface area contributed by atoms with E-state index < -0.39 is 10.0 Å². The topological polar surface area (TPSA) is 89.2 Å². The number of hydrogen-bond acceptors (Lipinski definition) is 5. The van der Waals surface area contributed by atoms with Crippen LogP contribution in [0.4, 0.5) is 0 Å². The molecule has 0 unspecified atom stereocenters. The molecule has 9 heteroatoms. The fraction of sp³-hybridized carbons (Fsp3) is 0.150. The van der Waals surface area contributed by atoms with Gasteiger partial charge in [0, 0.05) is 24.0 Å². The van der Waals surface area contributed by atoms with E-state index in [1.165, 1.54) is 6.33 Å². The molecule has 0 fully saturated rings. The van der Waals surface area contributed by atoms with Crippen LogP contribution in [0.1, 0.15) is 12.0 Å². The summed E-state index contributed by atoms with van der Waals surface area (Å²) in [4.78, 5) is 8.42. The Bertz CT molecular complexity index is 1240. The standard InChI is InChI=1S/C20H18ClN5O2S/c21-18-5-1-4-17(11-18)16-6-8-19(9-7-16)29(27,28)25-10-2-3-15-12-22-20-23-14-24-26(20)13-15/h1,4-9,11-14,25H,2-3,10H2. The van der Waals surface area contributed by atoms with Crippen LogP contribution >= 0.6 is 11.6 Å². The van der Waals surface area contributed by atoms with Crippen LogP contribution in [0.2, 0.25) is 5.02 Å². The van der Waals surface area contributed by atoms with Gasteiger partial charge in [-0.05, 0) is 53.8 Å². The van der Waals surface area contributed by atoms with Gasteiger partial charge >= 0.3 is 0 Å². The van der Waals surface area contributed by atoms with Gasteiger partial charge in [0.05, 0.1) is 4.90 Å². The molecule has 0 spiro atoms. The number of rotatable bonds is 7. The first-order chi connectivity index (χ1) is 14.0. The van der Waals surface area contributed by atoms with Gasteiger partial charge in [-0.15, -0.1) is 0 Å². The maximum atomic E-state index is 12.5. The Morgan fingerprint density at radius 2 is 1.86 bits per heavy atom. The summed E-state index contributed by atoms with van der Waals surface area (Å²) in [5.74, 6) is 0.538. The van der Waals surface area contributed by atoms with E-state index in [0.29, 0.717) is 30.2 Å². The van der Waals surface area contributed by atoms with Gasteiger partial charge in [-0.25, -0.2) is 22.6 Å². The zero-order chi connectivity index (χ0) is 20.3. The van der Waals surface area contributed by atoms with Crippen LogP contribution in [0.5, 0.6) is 0 Å². The van der Waals surface area contributed by atoms with Gasteiger partial charge in [0.2, 0.25) is 10.0 Å². The molecule has 0 aliphatic heterocycles. The van der Waals surface area contributed by atoms with E-state index in [2.05, 4.69) is 19.8 Å². The zero-order valence-electron chi connectivity index (χ0n) is 15.4. The SMILES string of the molecule is O=S(=O)(NCCCc1cnc2ncnn2c1)c1ccc(-c2cccc(Cl)c2)cc1. The largest absolute Gasteiger partial charge is 0.252 e. The van der Waals surface area contributed by atoms with E-state index in [9.17, 15) is 8.42 Å². The maximum Gasteiger partial charge on any atom is 0.252 e. The van der Waals surface area contributed by atoms with Crippen LogP contribution in [0.25, 0.3) is 16.9 Å². The Morgan fingerprint density at radius 1 is 1.03 bits per heavy atom. The first-order valence-corrected chi connectivity index (χ1v) is 10.9. The minimum Gasteiger partial charge on any atom is -0.219 e. The van der Waals surface area contributed by atoms with Gasteiger partial charge in [0.25, 0.3) is 5.78 Å². The summed E-state index contributed by atoms with van der Waals surface area (Å²) >= 11 is 6.02. The van der Waals surface area contributed by atoms with Crippen molar-refractivity contribution in [3.05, 3.63) is 77.8 Å². The predicted octanol–water partition coefficient (Wildman–Crippen LogP) is 3.36. The van der Waals surface area contributed by atoms with Gasteiger partial charge in [0.15, 0.2) is 0 Å². The number of benzene rings is 2. The molecule has 29 heavy (non-hydrogen) atoms. The number of nitrogens with one attached hydrogen (secondary N) is 1. The van der Waals surface area contributed by atoms with E-state index in [1.54, 1.807) is 41.0 Å². The van der Waals surface area contributed by atoms with E-state index in [1.807, 2.05) is 24.4 Å². The van der Waals surface area contributed by atoms with Crippen LogP contribution in [-0.2, 0) is 16.4 Å². The normalized spacial score (nSPS) is 11.8. The smallest absolute Gasteiger partial charge is 0.219 e. The van der Waals surface area contributed by atoms with Crippen LogP contribution in [0, 0.1) is 0 Å². The van der Waals surface area contributed by atoms with Gasteiger partial charge in [-0.1, -0.05) is 35.9 Å². The summed E-state index contributed by atoms with van der Waals surface area (Å²) in [7, 11) is -3.57. The van der Waals surface area contributed by atoms with Gasteiger partial charge in [-0.3, -0.25) is 0 Å². The number of fused-ring (bicyclic) bond motifs is 1. The first-order valence-electron chi connectivity index (χ1n) is 9.01. The summed E-state index contributed by atoms with van der Waals surface area (Å²) in [6.45, 7) is 0.327. The molecular weight excluding hydrogens is 410 g/mol. The van der Waals surface area contributed by atoms with E-state index in [4.69, 9.17) is 11.6 Å². The van der Waals surface area contributed by atoms with Crippen molar-refractivity contribution in [1.82, 2.24) is 24.3 Å². The van der Waals surface area contributed by atoms with Crippen molar-refractivity contribution in [2.24, 2.45) is 0 Å². The Balaban J connectivity index is 1.35. The lowest BCUT2D eigenvalue weighted by Crippen LogP contribution is -2.25. The Labute approximate surface area is 173 Å².